The van der Waals surface area contributed by atoms with Crippen LogP contribution in [0.5, 0.6) is 0 Å². The van der Waals surface area contributed by atoms with E-state index in [9.17, 15) is 4.57 Å². The van der Waals surface area contributed by atoms with E-state index >= 15 is 0 Å². The smallest absolute Gasteiger partial charge is 0.0877 e. The fourth-order valence-corrected chi connectivity index (χ4v) is 5.31. The van der Waals surface area contributed by atoms with Crippen LogP contribution in [0.4, 0.5) is 0 Å². The SMILES string of the molecule is CC(C)CCCP1(=O)CCCCCC1. The van der Waals surface area contributed by atoms with Crippen molar-refractivity contribution in [3.63, 3.8) is 0 Å². The molecule has 0 aromatic carbocycles. The second-order valence-corrected chi connectivity index (χ2v) is 8.64. The molecule has 0 unspecified atom stereocenters. The maximum atomic E-state index is 12.4. The summed E-state index contributed by atoms with van der Waals surface area (Å²) in [6.45, 7) is 4.51. The van der Waals surface area contributed by atoms with E-state index in [1.807, 2.05) is 0 Å². The molecule has 0 saturated carbocycles. The molecular weight excluding hydrogens is 191 g/mol. The minimum absolute atomic E-state index is 0.772. The van der Waals surface area contributed by atoms with Gasteiger partial charge in [-0.05, 0) is 25.2 Å². The van der Waals surface area contributed by atoms with E-state index in [1.165, 1.54) is 38.5 Å². The van der Waals surface area contributed by atoms with Gasteiger partial charge in [-0.15, -0.1) is 0 Å². The van der Waals surface area contributed by atoms with E-state index in [-0.39, 0.29) is 0 Å². The Bertz CT molecular complexity index is 186. The monoisotopic (exact) mass is 216 g/mol. The van der Waals surface area contributed by atoms with Crippen LogP contribution in [0.2, 0.25) is 0 Å². The second kappa shape index (κ2) is 5.95. The molecule has 1 aliphatic rings. The molecule has 84 valence electrons. The third-order valence-electron chi connectivity index (χ3n) is 3.23. The molecule has 1 rings (SSSR count). The highest BCUT2D eigenvalue weighted by molar-refractivity contribution is 7.63. The lowest BCUT2D eigenvalue weighted by Gasteiger charge is -2.15. The van der Waals surface area contributed by atoms with Gasteiger partial charge in [-0.25, -0.2) is 0 Å². The van der Waals surface area contributed by atoms with E-state index in [2.05, 4.69) is 13.8 Å². The summed E-state index contributed by atoms with van der Waals surface area (Å²) >= 11 is 0. The summed E-state index contributed by atoms with van der Waals surface area (Å²) in [5, 5.41) is 0. The number of hydrogen-bond acceptors (Lipinski definition) is 1. The quantitative estimate of drug-likeness (QED) is 0.638. The van der Waals surface area contributed by atoms with E-state index in [4.69, 9.17) is 0 Å². The van der Waals surface area contributed by atoms with Gasteiger partial charge in [0.1, 0.15) is 0 Å². The Morgan fingerprint density at radius 2 is 1.64 bits per heavy atom. The Labute approximate surface area is 89.0 Å². The molecule has 1 saturated heterocycles. The van der Waals surface area contributed by atoms with Gasteiger partial charge in [0, 0.05) is 18.5 Å². The summed E-state index contributed by atoms with van der Waals surface area (Å²) in [5.74, 6) is 0.772. The highest BCUT2D eigenvalue weighted by atomic mass is 31.2. The molecule has 0 bridgehead atoms. The first-order valence-corrected chi connectivity index (χ1v) is 8.46. The summed E-state index contributed by atoms with van der Waals surface area (Å²) in [6, 6.07) is 0. The van der Waals surface area contributed by atoms with Gasteiger partial charge in [-0.3, -0.25) is 0 Å². The van der Waals surface area contributed by atoms with Crippen LogP contribution in [-0.2, 0) is 4.57 Å². The predicted octanol–water partition coefficient (Wildman–Crippen LogP) is 4.36. The maximum Gasteiger partial charge on any atom is 0.0877 e. The van der Waals surface area contributed by atoms with Crippen molar-refractivity contribution in [1.29, 1.82) is 0 Å². The second-order valence-electron chi connectivity index (χ2n) is 5.18. The first-order valence-electron chi connectivity index (χ1n) is 6.19. The molecule has 2 heteroatoms. The Morgan fingerprint density at radius 1 is 1.07 bits per heavy atom. The fraction of sp³-hybridized carbons (Fsp3) is 1.00. The van der Waals surface area contributed by atoms with Crippen LogP contribution in [0.3, 0.4) is 0 Å². The molecule has 1 nitrogen and oxygen atoms in total. The highest BCUT2D eigenvalue weighted by Gasteiger charge is 2.22. The van der Waals surface area contributed by atoms with Crippen LogP contribution in [0.25, 0.3) is 0 Å². The number of hydrogen-bond donors (Lipinski definition) is 0. The van der Waals surface area contributed by atoms with E-state index in [1.54, 1.807) is 0 Å². The Balaban J connectivity index is 2.28. The summed E-state index contributed by atoms with van der Waals surface area (Å²) in [7, 11) is -1.71. The lowest BCUT2D eigenvalue weighted by atomic mass is 10.1. The molecule has 0 N–H and O–H groups in total. The highest BCUT2D eigenvalue weighted by Crippen LogP contribution is 2.50. The average molecular weight is 216 g/mol. The van der Waals surface area contributed by atoms with Crippen LogP contribution in [-0.4, -0.2) is 18.5 Å². The standard InChI is InChI=1S/C12H25OP/c1-12(2)8-7-11-14(13)9-5-3-4-6-10-14/h12H,3-11H2,1-2H3. The summed E-state index contributed by atoms with van der Waals surface area (Å²) in [6.07, 6.45) is 10.6. The lowest BCUT2D eigenvalue weighted by Crippen LogP contribution is -1.99. The third kappa shape index (κ3) is 4.64. The molecule has 14 heavy (non-hydrogen) atoms. The van der Waals surface area contributed by atoms with E-state index in [0.29, 0.717) is 0 Å². The van der Waals surface area contributed by atoms with Crippen molar-refractivity contribution in [2.75, 3.05) is 18.5 Å². The van der Waals surface area contributed by atoms with Gasteiger partial charge in [0.15, 0.2) is 0 Å². The molecule has 0 spiro atoms. The zero-order chi connectivity index (χ0) is 10.4. The minimum atomic E-state index is -1.71. The van der Waals surface area contributed by atoms with Crippen LogP contribution in [0, 0.1) is 5.92 Å². The minimum Gasteiger partial charge on any atom is -0.324 e. The van der Waals surface area contributed by atoms with Gasteiger partial charge in [-0.1, -0.05) is 33.1 Å². The topological polar surface area (TPSA) is 17.1 Å². The fourth-order valence-electron chi connectivity index (χ4n) is 2.28. The lowest BCUT2D eigenvalue weighted by molar-refractivity contribution is 0.553. The molecule has 0 atom stereocenters. The zero-order valence-corrected chi connectivity index (χ0v) is 10.7. The molecule has 0 aromatic heterocycles. The van der Waals surface area contributed by atoms with Crippen LogP contribution in [0.15, 0.2) is 0 Å². The predicted molar refractivity (Wildman–Crippen MR) is 64.7 cm³/mol. The molecule has 1 heterocycles. The maximum absolute atomic E-state index is 12.4. The largest absolute Gasteiger partial charge is 0.324 e. The molecule has 0 radical (unpaired) electrons. The van der Waals surface area contributed by atoms with Crippen molar-refractivity contribution in [2.24, 2.45) is 5.92 Å². The summed E-state index contributed by atoms with van der Waals surface area (Å²) in [5.41, 5.74) is 0. The van der Waals surface area contributed by atoms with Crippen LogP contribution in [0.1, 0.15) is 52.4 Å². The normalized spacial score (nSPS) is 22.2. The molecule has 1 fully saturated rings. The molecule has 0 amide bonds. The summed E-state index contributed by atoms with van der Waals surface area (Å²) in [4.78, 5) is 0. The van der Waals surface area contributed by atoms with Crippen molar-refractivity contribution >= 4 is 7.14 Å². The summed E-state index contributed by atoms with van der Waals surface area (Å²) < 4.78 is 12.4. The van der Waals surface area contributed by atoms with Gasteiger partial charge in [-0.2, -0.15) is 0 Å². The van der Waals surface area contributed by atoms with Crippen molar-refractivity contribution in [3.8, 4) is 0 Å². The van der Waals surface area contributed by atoms with E-state index in [0.717, 1.165) is 24.4 Å². The van der Waals surface area contributed by atoms with Crippen molar-refractivity contribution in [2.45, 2.75) is 52.4 Å². The van der Waals surface area contributed by atoms with Crippen molar-refractivity contribution < 1.29 is 4.57 Å². The Morgan fingerprint density at radius 3 is 2.14 bits per heavy atom. The average Bonchev–Trinajstić information content (AvgIpc) is 2.30. The Kier molecular flexibility index (Phi) is 5.23. The molecule has 1 aliphatic heterocycles. The van der Waals surface area contributed by atoms with Gasteiger partial charge in [0.05, 0.1) is 7.14 Å². The van der Waals surface area contributed by atoms with Crippen LogP contribution >= 0.6 is 7.14 Å². The van der Waals surface area contributed by atoms with E-state index < -0.39 is 7.14 Å². The van der Waals surface area contributed by atoms with Gasteiger partial charge >= 0.3 is 0 Å². The van der Waals surface area contributed by atoms with Gasteiger partial charge in [0.25, 0.3) is 0 Å². The molecule has 0 aliphatic carbocycles. The zero-order valence-electron chi connectivity index (χ0n) is 9.80. The van der Waals surface area contributed by atoms with Crippen molar-refractivity contribution in [1.82, 2.24) is 0 Å². The Hall–Kier alpha value is 0.230. The van der Waals surface area contributed by atoms with Crippen LogP contribution < -0.4 is 0 Å². The first-order chi connectivity index (χ1) is 6.62. The number of rotatable bonds is 4. The third-order valence-corrected chi connectivity index (χ3v) is 6.62. The van der Waals surface area contributed by atoms with Gasteiger partial charge < -0.3 is 4.57 Å². The molecule has 0 aromatic rings. The molecular formula is C12H25OP. The first kappa shape index (κ1) is 12.3. The van der Waals surface area contributed by atoms with Gasteiger partial charge in [0.2, 0.25) is 0 Å². The van der Waals surface area contributed by atoms with Crippen molar-refractivity contribution in [3.05, 3.63) is 0 Å².